The molecule has 0 aliphatic carbocycles. The minimum Gasteiger partial charge on any atom is -0.353 e. The van der Waals surface area contributed by atoms with Crippen molar-refractivity contribution < 1.29 is 4.74 Å². The molecule has 0 bridgehead atoms. The third-order valence-corrected chi connectivity index (χ3v) is 3.69. The third-order valence-electron chi connectivity index (χ3n) is 3.51. The zero-order valence-corrected chi connectivity index (χ0v) is 11.3. The van der Waals surface area contributed by atoms with Crippen LogP contribution in [0.1, 0.15) is 17.4 Å². The fourth-order valence-corrected chi connectivity index (χ4v) is 2.71. The minimum absolute atomic E-state index is 0.211. The summed E-state index contributed by atoms with van der Waals surface area (Å²) in [5.74, 6) is 0. The van der Waals surface area contributed by atoms with E-state index in [0.29, 0.717) is 17.8 Å². The van der Waals surface area contributed by atoms with E-state index in [1.54, 1.807) is 12.5 Å². The predicted molar refractivity (Wildman–Crippen MR) is 74.6 cm³/mol. The summed E-state index contributed by atoms with van der Waals surface area (Å²) < 4.78 is 7.82. The molecule has 1 aromatic carbocycles. The number of rotatable bonds is 1. The van der Waals surface area contributed by atoms with E-state index < -0.39 is 0 Å². The van der Waals surface area contributed by atoms with E-state index in [0.717, 1.165) is 12.0 Å². The summed E-state index contributed by atoms with van der Waals surface area (Å²) in [4.78, 5) is 12.5. The number of imidazole rings is 1. The van der Waals surface area contributed by atoms with Gasteiger partial charge in [0, 0.05) is 5.56 Å². The number of halogens is 1. The van der Waals surface area contributed by atoms with Gasteiger partial charge in [0.2, 0.25) is 5.28 Å². The maximum atomic E-state index is 5.92. The standard InChI is InChI=1S/C14H11ClN4O/c15-14-16-7-11-12(18-14)19(8-17-11)13-10-4-2-1-3-9(10)5-6-20-13/h1-4,7-8,13H,5-6H2. The molecule has 0 fully saturated rings. The second kappa shape index (κ2) is 4.54. The molecule has 3 heterocycles. The molecule has 0 spiro atoms. The average molecular weight is 287 g/mol. The molecule has 5 nitrogen and oxygen atoms in total. The number of ether oxygens (including phenoxy) is 1. The van der Waals surface area contributed by atoms with Crippen LogP contribution in [0.3, 0.4) is 0 Å². The van der Waals surface area contributed by atoms with Gasteiger partial charge in [0.25, 0.3) is 0 Å². The number of benzene rings is 1. The van der Waals surface area contributed by atoms with Gasteiger partial charge in [0.05, 0.1) is 19.1 Å². The van der Waals surface area contributed by atoms with Gasteiger partial charge in [-0.15, -0.1) is 0 Å². The van der Waals surface area contributed by atoms with Crippen LogP contribution in [0.2, 0.25) is 5.28 Å². The van der Waals surface area contributed by atoms with Crippen LogP contribution in [0.4, 0.5) is 0 Å². The van der Waals surface area contributed by atoms with Crippen LogP contribution in [0.5, 0.6) is 0 Å². The van der Waals surface area contributed by atoms with Crippen molar-refractivity contribution >= 4 is 22.8 Å². The second-order valence-electron chi connectivity index (χ2n) is 4.67. The van der Waals surface area contributed by atoms with Crippen molar-refractivity contribution in [3.05, 3.63) is 53.2 Å². The molecule has 0 N–H and O–H groups in total. The van der Waals surface area contributed by atoms with E-state index >= 15 is 0 Å². The van der Waals surface area contributed by atoms with Gasteiger partial charge in [-0.25, -0.2) is 9.97 Å². The summed E-state index contributed by atoms with van der Waals surface area (Å²) in [7, 11) is 0. The van der Waals surface area contributed by atoms with Crippen molar-refractivity contribution in [2.45, 2.75) is 12.6 Å². The number of aromatic nitrogens is 4. The van der Waals surface area contributed by atoms with Crippen LogP contribution >= 0.6 is 11.6 Å². The van der Waals surface area contributed by atoms with Gasteiger partial charge < -0.3 is 4.74 Å². The molecular weight excluding hydrogens is 276 g/mol. The first-order chi connectivity index (χ1) is 9.83. The first-order valence-corrected chi connectivity index (χ1v) is 6.75. The highest BCUT2D eigenvalue weighted by Crippen LogP contribution is 2.30. The zero-order chi connectivity index (χ0) is 13.5. The molecule has 0 amide bonds. The van der Waals surface area contributed by atoms with Gasteiger partial charge in [-0.1, -0.05) is 24.3 Å². The molecule has 3 aromatic rings. The quantitative estimate of drug-likeness (QED) is 0.645. The van der Waals surface area contributed by atoms with Crippen LogP contribution in [0, 0.1) is 0 Å². The SMILES string of the molecule is Clc1ncc2ncn(C3OCCc4ccccc43)c2n1. The molecule has 100 valence electrons. The van der Waals surface area contributed by atoms with Crippen molar-refractivity contribution in [2.75, 3.05) is 6.61 Å². The maximum Gasteiger partial charge on any atom is 0.224 e. The lowest BCUT2D eigenvalue weighted by Crippen LogP contribution is -2.22. The Bertz CT molecular complexity index is 786. The molecule has 6 heteroatoms. The Morgan fingerprint density at radius 2 is 2.15 bits per heavy atom. The van der Waals surface area contributed by atoms with Gasteiger partial charge in [-0.2, -0.15) is 4.98 Å². The fraction of sp³-hybridized carbons (Fsp3) is 0.214. The smallest absolute Gasteiger partial charge is 0.224 e. The van der Waals surface area contributed by atoms with Crippen LogP contribution in [-0.4, -0.2) is 26.1 Å². The largest absolute Gasteiger partial charge is 0.353 e. The lowest BCUT2D eigenvalue weighted by Gasteiger charge is -2.27. The summed E-state index contributed by atoms with van der Waals surface area (Å²) >= 11 is 5.88. The molecule has 0 radical (unpaired) electrons. The molecule has 1 unspecified atom stereocenters. The van der Waals surface area contributed by atoms with E-state index in [2.05, 4.69) is 27.1 Å². The Morgan fingerprint density at radius 1 is 1.25 bits per heavy atom. The van der Waals surface area contributed by atoms with E-state index in [1.165, 1.54) is 5.56 Å². The van der Waals surface area contributed by atoms with Crippen molar-refractivity contribution in [3.8, 4) is 0 Å². The minimum atomic E-state index is -0.212. The van der Waals surface area contributed by atoms with Crippen molar-refractivity contribution in [3.63, 3.8) is 0 Å². The molecule has 2 aromatic heterocycles. The predicted octanol–water partition coefficient (Wildman–Crippen LogP) is 2.60. The van der Waals surface area contributed by atoms with Crippen LogP contribution in [0.15, 0.2) is 36.8 Å². The lowest BCUT2D eigenvalue weighted by molar-refractivity contribution is 0.0244. The van der Waals surface area contributed by atoms with Gasteiger partial charge in [-0.3, -0.25) is 4.57 Å². The molecule has 1 aliphatic rings. The normalized spacial score (nSPS) is 18.1. The number of fused-ring (bicyclic) bond motifs is 2. The first kappa shape index (κ1) is 11.8. The van der Waals surface area contributed by atoms with Gasteiger partial charge in [0.15, 0.2) is 11.9 Å². The van der Waals surface area contributed by atoms with Crippen LogP contribution < -0.4 is 0 Å². The highest BCUT2D eigenvalue weighted by molar-refractivity contribution is 6.28. The zero-order valence-electron chi connectivity index (χ0n) is 10.5. The van der Waals surface area contributed by atoms with E-state index in [9.17, 15) is 0 Å². The van der Waals surface area contributed by atoms with Gasteiger partial charge in [0.1, 0.15) is 5.52 Å². The Kier molecular flexibility index (Phi) is 2.68. The average Bonchev–Trinajstić information content (AvgIpc) is 2.89. The Hall–Kier alpha value is -1.98. The van der Waals surface area contributed by atoms with E-state index in [4.69, 9.17) is 16.3 Å². The Balaban J connectivity index is 1.90. The molecule has 1 atom stereocenters. The Labute approximate surface area is 120 Å². The Morgan fingerprint density at radius 3 is 3.10 bits per heavy atom. The first-order valence-electron chi connectivity index (χ1n) is 6.37. The monoisotopic (exact) mass is 286 g/mol. The van der Waals surface area contributed by atoms with E-state index in [1.807, 2.05) is 16.7 Å². The molecule has 20 heavy (non-hydrogen) atoms. The topological polar surface area (TPSA) is 52.8 Å². The van der Waals surface area contributed by atoms with Crippen LogP contribution in [-0.2, 0) is 11.2 Å². The summed E-state index contributed by atoms with van der Waals surface area (Å²) in [6.07, 6.45) is 4.06. The lowest BCUT2D eigenvalue weighted by atomic mass is 10.0. The fourth-order valence-electron chi connectivity index (χ4n) is 2.58. The van der Waals surface area contributed by atoms with Crippen molar-refractivity contribution in [1.29, 1.82) is 0 Å². The maximum absolute atomic E-state index is 5.92. The molecule has 1 aliphatic heterocycles. The molecule has 0 saturated heterocycles. The number of hydrogen-bond acceptors (Lipinski definition) is 4. The summed E-state index contributed by atoms with van der Waals surface area (Å²) in [5.41, 5.74) is 3.84. The van der Waals surface area contributed by atoms with Gasteiger partial charge in [-0.05, 0) is 23.6 Å². The molecular formula is C14H11ClN4O. The third kappa shape index (κ3) is 1.78. The highest BCUT2D eigenvalue weighted by atomic mass is 35.5. The number of hydrogen-bond donors (Lipinski definition) is 0. The summed E-state index contributed by atoms with van der Waals surface area (Å²) in [6, 6.07) is 8.27. The van der Waals surface area contributed by atoms with Crippen molar-refractivity contribution in [2.24, 2.45) is 0 Å². The second-order valence-corrected chi connectivity index (χ2v) is 5.01. The number of nitrogens with zero attached hydrogens (tertiary/aromatic N) is 4. The van der Waals surface area contributed by atoms with Gasteiger partial charge >= 0.3 is 0 Å². The van der Waals surface area contributed by atoms with Crippen LogP contribution in [0.25, 0.3) is 11.2 Å². The van der Waals surface area contributed by atoms with Crippen molar-refractivity contribution in [1.82, 2.24) is 19.5 Å². The van der Waals surface area contributed by atoms with E-state index in [-0.39, 0.29) is 11.5 Å². The highest BCUT2D eigenvalue weighted by Gasteiger charge is 2.24. The molecule has 0 saturated carbocycles. The summed E-state index contributed by atoms with van der Waals surface area (Å²) in [6.45, 7) is 0.681. The molecule has 4 rings (SSSR count). The summed E-state index contributed by atoms with van der Waals surface area (Å²) in [5, 5.41) is 0.211.